The van der Waals surface area contributed by atoms with Crippen molar-refractivity contribution in [2.75, 3.05) is 26.2 Å². The first-order chi connectivity index (χ1) is 9.72. The molecule has 0 radical (unpaired) electrons. The van der Waals surface area contributed by atoms with Crippen molar-refractivity contribution in [2.45, 2.75) is 19.9 Å². The van der Waals surface area contributed by atoms with E-state index in [2.05, 4.69) is 9.88 Å². The third-order valence-electron chi connectivity index (χ3n) is 3.73. The number of oxazole rings is 1. The minimum atomic E-state index is 0.161. The van der Waals surface area contributed by atoms with Gasteiger partial charge in [0.1, 0.15) is 5.52 Å². The number of aromatic nitrogens is 1. The van der Waals surface area contributed by atoms with Crippen LogP contribution in [0.3, 0.4) is 0 Å². The van der Waals surface area contributed by atoms with E-state index in [9.17, 15) is 4.79 Å². The van der Waals surface area contributed by atoms with Crippen LogP contribution in [0.4, 0.5) is 0 Å². The highest BCUT2D eigenvalue weighted by molar-refractivity contribution is 5.73. The van der Waals surface area contributed by atoms with Crippen molar-refractivity contribution in [3.63, 3.8) is 0 Å². The lowest BCUT2D eigenvalue weighted by Crippen LogP contribution is -2.33. The molecule has 0 aliphatic carbocycles. The topological polar surface area (TPSA) is 49.6 Å². The molecule has 5 heteroatoms. The molecule has 106 valence electrons. The van der Waals surface area contributed by atoms with Crippen LogP contribution in [0.25, 0.3) is 11.1 Å². The van der Waals surface area contributed by atoms with Gasteiger partial charge in [-0.3, -0.25) is 9.69 Å². The first-order valence-electron chi connectivity index (χ1n) is 7.05. The normalized spacial score (nSPS) is 17.4. The summed E-state index contributed by atoms with van der Waals surface area (Å²) in [6.07, 6.45) is 1.000. The third-order valence-corrected chi connectivity index (χ3v) is 3.73. The van der Waals surface area contributed by atoms with E-state index >= 15 is 0 Å². The minimum absolute atomic E-state index is 0.161. The summed E-state index contributed by atoms with van der Waals surface area (Å²) >= 11 is 0. The van der Waals surface area contributed by atoms with Gasteiger partial charge < -0.3 is 9.32 Å². The lowest BCUT2D eigenvalue weighted by Gasteiger charge is -2.19. The predicted octanol–water partition coefficient (Wildman–Crippen LogP) is 1.88. The molecule has 3 rings (SSSR count). The summed E-state index contributed by atoms with van der Waals surface area (Å²) in [6.45, 7) is 5.83. The Bertz CT molecular complexity index is 575. The zero-order valence-electron chi connectivity index (χ0n) is 11.7. The molecule has 1 saturated heterocycles. The molecule has 0 unspecified atom stereocenters. The fraction of sp³-hybridized carbons (Fsp3) is 0.467. The fourth-order valence-electron chi connectivity index (χ4n) is 2.62. The van der Waals surface area contributed by atoms with Gasteiger partial charge in [-0.1, -0.05) is 12.1 Å². The molecule has 2 heterocycles. The summed E-state index contributed by atoms with van der Waals surface area (Å²) in [5.41, 5.74) is 1.74. The lowest BCUT2D eigenvalue weighted by atomic mass is 10.3. The Morgan fingerprint density at radius 1 is 1.25 bits per heavy atom. The molecule has 20 heavy (non-hydrogen) atoms. The van der Waals surface area contributed by atoms with Gasteiger partial charge in [0, 0.05) is 33.1 Å². The summed E-state index contributed by atoms with van der Waals surface area (Å²) in [7, 11) is 0. The summed E-state index contributed by atoms with van der Waals surface area (Å²) in [6, 6.07) is 7.81. The summed E-state index contributed by atoms with van der Waals surface area (Å²) in [5.74, 6) is 0.913. The number of fused-ring (bicyclic) bond motifs is 1. The van der Waals surface area contributed by atoms with Gasteiger partial charge in [0.15, 0.2) is 5.58 Å². The number of amides is 1. The van der Waals surface area contributed by atoms with Crippen LogP contribution in [0.5, 0.6) is 0 Å². The molecule has 1 aliphatic heterocycles. The van der Waals surface area contributed by atoms with Crippen molar-refractivity contribution in [1.82, 2.24) is 14.8 Å². The molecule has 1 aromatic carbocycles. The summed E-state index contributed by atoms with van der Waals surface area (Å²) < 4.78 is 5.75. The van der Waals surface area contributed by atoms with E-state index in [1.165, 1.54) is 0 Å². The monoisotopic (exact) mass is 273 g/mol. The molecule has 0 N–H and O–H groups in total. The molecule has 1 aromatic heterocycles. The van der Waals surface area contributed by atoms with Gasteiger partial charge in [0.25, 0.3) is 0 Å². The Hall–Kier alpha value is -1.88. The second kappa shape index (κ2) is 5.63. The van der Waals surface area contributed by atoms with Crippen LogP contribution in [0, 0.1) is 0 Å². The van der Waals surface area contributed by atoms with Gasteiger partial charge in [0.05, 0.1) is 6.54 Å². The second-order valence-corrected chi connectivity index (χ2v) is 5.21. The predicted molar refractivity (Wildman–Crippen MR) is 76.2 cm³/mol. The number of nitrogens with zero attached hydrogens (tertiary/aromatic N) is 3. The first-order valence-corrected chi connectivity index (χ1v) is 7.05. The molecule has 1 aliphatic rings. The van der Waals surface area contributed by atoms with Crippen molar-refractivity contribution in [3.8, 4) is 0 Å². The Balaban J connectivity index is 1.66. The number of hydrogen-bond acceptors (Lipinski definition) is 4. The largest absolute Gasteiger partial charge is 0.439 e. The van der Waals surface area contributed by atoms with Crippen LogP contribution in [0.1, 0.15) is 19.2 Å². The van der Waals surface area contributed by atoms with E-state index < -0.39 is 0 Å². The summed E-state index contributed by atoms with van der Waals surface area (Å²) in [5, 5.41) is 0. The van der Waals surface area contributed by atoms with E-state index in [-0.39, 0.29) is 5.91 Å². The van der Waals surface area contributed by atoms with Crippen LogP contribution >= 0.6 is 0 Å². The van der Waals surface area contributed by atoms with E-state index in [1.807, 2.05) is 29.2 Å². The van der Waals surface area contributed by atoms with E-state index in [0.717, 1.165) is 49.6 Å². The van der Waals surface area contributed by atoms with Crippen LogP contribution in [-0.4, -0.2) is 46.9 Å². The number of hydrogen-bond donors (Lipinski definition) is 0. The minimum Gasteiger partial charge on any atom is -0.439 e. The van der Waals surface area contributed by atoms with Gasteiger partial charge in [-0.05, 0) is 18.6 Å². The molecule has 5 nitrogen and oxygen atoms in total. The first kappa shape index (κ1) is 13.1. The number of benzene rings is 1. The van der Waals surface area contributed by atoms with Gasteiger partial charge in [-0.2, -0.15) is 0 Å². The molecular formula is C15H19N3O2. The quantitative estimate of drug-likeness (QED) is 0.838. The standard InChI is InChI=1S/C15H19N3O2/c1-12(19)18-8-4-7-17(9-10-18)11-15-16-13-5-2-3-6-14(13)20-15/h2-3,5-6H,4,7-11H2,1H3. The van der Waals surface area contributed by atoms with E-state index in [1.54, 1.807) is 6.92 Å². The molecule has 1 amide bonds. The fourth-order valence-corrected chi connectivity index (χ4v) is 2.62. The van der Waals surface area contributed by atoms with E-state index in [0.29, 0.717) is 6.54 Å². The Labute approximate surface area is 118 Å². The molecular weight excluding hydrogens is 254 g/mol. The lowest BCUT2D eigenvalue weighted by molar-refractivity contribution is -0.128. The molecule has 1 fully saturated rings. The van der Waals surface area contributed by atoms with Crippen LogP contribution in [-0.2, 0) is 11.3 Å². The van der Waals surface area contributed by atoms with Crippen LogP contribution < -0.4 is 0 Å². The Morgan fingerprint density at radius 2 is 2.10 bits per heavy atom. The molecule has 0 saturated carbocycles. The van der Waals surface area contributed by atoms with Crippen molar-refractivity contribution in [3.05, 3.63) is 30.2 Å². The maximum Gasteiger partial charge on any atom is 0.219 e. The molecule has 0 spiro atoms. The second-order valence-electron chi connectivity index (χ2n) is 5.21. The van der Waals surface area contributed by atoms with Gasteiger partial charge >= 0.3 is 0 Å². The Morgan fingerprint density at radius 3 is 2.90 bits per heavy atom. The molecule has 2 aromatic rings. The van der Waals surface area contributed by atoms with Gasteiger partial charge in [-0.25, -0.2) is 4.98 Å². The maximum atomic E-state index is 11.4. The molecule has 0 bridgehead atoms. The van der Waals surface area contributed by atoms with Crippen LogP contribution in [0.2, 0.25) is 0 Å². The average Bonchev–Trinajstić information content (AvgIpc) is 2.68. The van der Waals surface area contributed by atoms with Gasteiger partial charge in [0.2, 0.25) is 11.8 Å². The molecule has 0 atom stereocenters. The van der Waals surface area contributed by atoms with Gasteiger partial charge in [-0.15, -0.1) is 0 Å². The van der Waals surface area contributed by atoms with Crippen molar-refractivity contribution >= 4 is 17.0 Å². The van der Waals surface area contributed by atoms with Crippen molar-refractivity contribution < 1.29 is 9.21 Å². The zero-order chi connectivity index (χ0) is 13.9. The zero-order valence-corrected chi connectivity index (χ0v) is 11.7. The average molecular weight is 273 g/mol. The number of rotatable bonds is 2. The van der Waals surface area contributed by atoms with Crippen molar-refractivity contribution in [2.24, 2.45) is 0 Å². The SMILES string of the molecule is CC(=O)N1CCCN(Cc2nc3ccccc3o2)CC1. The highest BCUT2D eigenvalue weighted by atomic mass is 16.3. The number of para-hydroxylation sites is 2. The number of carbonyl (C=O) groups excluding carboxylic acids is 1. The third kappa shape index (κ3) is 2.82. The summed E-state index contributed by atoms with van der Waals surface area (Å²) in [4.78, 5) is 20.1. The van der Waals surface area contributed by atoms with Crippen LogP contribution in [0.15, 0.2) is 28.7 Å². The smallest absolute Gasteiger partial charge is 0.219 e. The number of carbonyl (C=O) groups is 1. The highest BCUT2D eigenvalue weighted by Gasteiger charge is 2.18. The Kier molecular flexibility index (Phi) is 3.69. The maximum absolute atomic E-state index is 11.4. The van der Waals surface area contributed by atoms with E-state index in [4.69, 9.17) is 4.42 Å². The van der Waals surface area contributed by atoms with Crippen molar-refractivity contribution in [1.29, 1.82) is 0 Å². The highest BCUT2D eigenvalue weighted by Crippen LogP contribution is 2.16.